The van der Waals surface area contributed by atoms with E-state index in [1.54, 1.807) is 18.6 Å². The first-order valence-electron chi connectivity index (χ1n) is 9.24. The molecule has 7 nitrogen and oxygen atoms in total. The maximum Gasteiger partial charge on any atom is 0.252 e. The topological polar surface area (TPSA) is 81.1 Å². The lowest BCUT2D eigenvalue weighted by atomic mass is 10.2. The van der Waals surface area contributed by atoms with Gasteiger partial charge in [-0.15, -0.1) is 24.8 Å². The van der Waals surface area contributed by atoms with Crippen LogP contribution < -0.4 is 10.6 Å². The minimum absolute atomic E-state index is 0. The van der Waals surface area contributed by atoms with E-state index in [0.717, 1.165) is 30.7 Å². The van der Waals surface area contributed by atoms with Crippen LogP contribution in [0.2, 0.25) is 0 Å². The fourth-order valence-corrected chi connectivity index (χ4v) is 3.24. The number of pyridine rings is 1. The maximum absolute atomic E-state index is 12.4. The van der Waals surface area contributed by atoms with Gasteiger partial charge in [0, 0.05) is 25.3 Å². The van der Waals surface area contributed by atoms with Gasteiger partial charge < -0.3 is 19.9 Å². The quantitative estimate of drug-likeness (QED) is 0.618. The molecule has 2 N–H and O–H groups in total. The monoisotopic (exact) mass is 437 g/mol. The van der Waals surface area contributed by atoms with Crippen molar-refractivity contribution >= 4 is 41.9 Å². The van der Waals surface area contributed by atoms with Gasteiger partial charge in [-0.25, -0.2) is 9.97 Å². The van der Waals surface area contributed by atoms with Crippen LogP contribution in [0.15, 0.2) is 48.9 Å². The van der Waals surface area contributed by atoms with Gasteiger partial charge in [-0.05, 0) is 18.1 Å². The number of ether oxygens (including phenoxy) is 1. The zero-order chi connectivity index (χ0) is 18.5. The summed E-state index contributed by atoms with van der Waals surface area (Å²) in [6, 6.07) is 12.3. The zero-order valence-corrected chi connectivity index (χ0v) is 17.5. The predicted molar refractivity (Wildman–Crippen MR) is 117 cm³/mol. The Bertz CT molecular complexity index is 914. The number of benzene rings is 1. The Kier molecular flexibility index (Phi) is 8.85. The number of fused-ring (bicyclic) bond motifs is 1. The number of morpholine rings is 1. The van der Waals surface area contributed by atoms with Crippen molar-refractivity contribution in [3.8, 4) is 0 Å². The Morgan fingerprint density at radius 3 is 2.83 bits per heavy atom. The summed E-state index contributed by atoms with van der Waals surface area (Å²) in [7, 11) is 0. The van der Waals surface area contributed by atoms with E-state index in [1.165, 1.54) is 5.56 Å². The molecule has 1 aliphatic rings. The number of hydrogen-bond acceptors (Lipinski definition) is 5. The number of hydrogen-bond donors (Lipinski definition) is 2. The minimum Gasteiger partial charge on any atom is -0.379 e. The third-order valence-electron chi connectivity index (χ3n) is 4.69. The van der Waals surface area contributed by atoms with Crippen LogP contribution in [0.25, 0.3) is 11.2 Å². The molecule has 0 radical (unpaired) electrons. The maximum atomic E-state index is 12.4. The third-order valence-corrected chi connectivity index (χ3v) is 4.69. The van der Waals surface area contributed by atoms with Crippen molar-refractivity contribution in [1.29, 1.82) is 0 Å². The van der Waals surface area contributed by atoms with Crippen LogP contribution in [-0.2, 0) is 11.3 Å². The van der Waals surface area contributed by atoms with Crippen molar-refractivity contribution in [3.63, 3.8) is 0 Å². The highest BCUT2D eigenvalue weighted by Gasteiger charge is 2.14. The second-order valence-corrected chi connectivity index (χ2v) is 6.70. The molecule has 1 aromatic carbocycles. The number of amides is 1. The van der Waals surface area contributed by atoms with Crippen LogP contribution in [0.3, 0.4) is 0 Å². The number of aromatic nitrogens is 3. The lowest BCUT2D eigenvalue weighted by Gasteiger charge is -2.23. The molecule has 156 valence electrons. The number of nitrogens with one attached hydrogen (secondary N) is 2. The van der Waals surface area contributed by atoms with Crippen LogP contribution in [0.5, 0.6) is 0 Å². The normalized spacial score (nSPS) is 15.9. The number of rotatable bonds is 6. The first-order valence-corrected chi connectivity index (χ1v) is 9.24. The Balaban J connectivity index is 0.00000150. The number of carbonyl (C=O) groups is 1. The molecule has 3 aromatic rings. The van der Waals surface area contributed by atoms with Crippen LogP contribution in [0.1, 0.15) is 22.3 Å². The largest absolute Gasteiger partial charge is 0.379 e. The standard InChI is InChI=1S/C20H23N5O2.2ClH/c26-20(22-7-6-17-13-27-9-8-21-17)16-10-18-19(23-11-16)25(14-24-18)12-15-4-2-1-3-5-15;;/h1-5,10-11,14,17,21H,6-9,12-13H2,(H,22,26);2*1H. The van der Waals surface area contributed by atoms with E-state index in [-0.39, 0.29) is 30.7 Å². The highest BCUT2D eigenvalue weighted by molar-refractivity contribution is 5.96. The van der Waals surface area contributed by atoms with Crippen LogP contribution >= 0.6 is 24.8 Å². The van der Waals surface area contributed by atoms with Gasteiger partial charge in [-0.3, -0.25) is 4.79 Å². The van der Waals surface area contributed by atoms with Crippen molar-refractivity contribution in [2.45, 2.75) is 19.0 Å². The van der Waals surface area contributed by atoms with Gasteiger partial charge in [-0.2, -0.15) is 0 Å². The molecule has 1 atom stereocenters. The van der Waals surface area contributed by atoms with Gasteiger partial charge >= 0.3 is 0 Å². The lowest BCUT2D eigenvalue weighted by molar-refractivity contribution is 0.0733. The van der Waals surface area contributed by atoms with E-state index >= 15 is 0 Å². The van der Waals surface area contributed by atoms with E-state index in [9.17, 15) is 4.79 Å². The Labute approximate surface area is 182 Å². The van der Waals surface area contributed by atoms with Crippen molar-refractivity contribution in [2.24, 2.45) is 0 Å². The second-order valence-electron chi connectivity index (χ2n) is 6.70. The molecular formula is C20H25Cl2N5O2. The van der Waals surface area contributed by atoms with Gasteiger partial charge in [0.15, 0.2) is 5.65 Å². The SMILES string of the molecule is Cl.Cl.O=C(NCCC1COCCN1)c1cnc2c(c1)ncn2Cc1ccccc1. The summed E-state index contributed by atoms with van der Waals surface area (Å²) in [5.74, 6) is -0.126. The van der Waals surface area contributed by atoms with Gasteiger partial charge in [0.05, 0.1) is 31.6 Å². The first-order chi connectivity index (χ1) is 13.3. The molecule has 1 amide bonds. The molecule has 0 saturated carbocycles. The molecule has 2 aromatic heterocycles. The summed E-state index contributed by atoms with van der Waals surface area (Å²) in [4.78, 5) is 21.3. The Morgan fingerprint density at radius 1 is 1.24 bits per heavy atom. The summed E-state index contributed by atoms with van der Waals surface area (Å²) in [5, 5.41) is 6.33. The van der Waals surface area contributed by atoms with E-state index < -0.39 is 0 Å². The molecule has 1 saturated heterocycles. The van der Waals surface area contributed by atoms with E-state index in [2.05, 4.69) is 32.7 Å². The molecule has 4 rings (SSSR count). The Hall–Kier alpha value is -2.19. The van der Waals surface area contributed by atoms with Gasteiger partial charge in [0.25, 0.3) is 5.91 Å². The molecular weight excluding hydrogens is 413 g/mol. The smallest absolute Gasteiger partial charge is 0.252 e. The molecule has 1 aliphatic heterocycles. The van der Waals surface area contributed by atoms with Crippen LogP contribution in [-0.4, -0.2) is 52.8 Å². The van der Waals surface area contributed by atoms with Crippen LogP contribution in [0.4, 0.5) is 0 Å². The fourth-order valence-electron chi connectivity index (χ4n) is 3.24. The molecule has 3 heterocycles. The predicted octanol–water partition coefficient (Wildman–Crippen LogP) is 2.43. The summed E-state index contributed by atoms with van der Waals surface area (Å²) in [6.07, 6.45) is 4.22. The first kappa shape index (κ1) is 23.1. The fraction of sp³-hybridized carbons (Fsp3) is 0.350. The summed E-state index contributed by atoms with van der Waals surface area (Å²) in [6.45, 7) is 3.62. The molecule has 9 heteroatoms. The van der Waals surface area contributed by atoms with Gasteiger partial charge in [0.1, 0.15) is 5.52 Å². The van der Waals surface area contributed by atoms with E-state index in [0.29, 0.717) is 31.3 Å². The number of imidazole rings is 1. The average molecular weight is 438 g/mol. The number of nitrogens with zero attached hydrogens (tertiary/aromatic N) is 3. The zero-order valence-electron chi connectivity index (χ0n) is 15.9. The van der Waals surface area contributed by atoms with Crippen molar-refractivity contribution < 1.29 is 9.53 Å². The molecule has 1 unspecified atom stereocenters. The highest BCUT2D eigenvalue weighted by Crippen LogP contribution is 2.14. The molecule has 0 bridgehead atoms. The van der Waals surface area contributed by atoms with Gasteiger partial charge in [-0.1, -0.05) is 30.3 Å². The Morgan fingerprint density at radius 2 is 2.07 bits per heavy atom. The minimum atomic E-state index is -0.126. The summed E-state index contributed by atoms with van der Waals surface area (Å²) < 4.78 is 7.41. The average Bonchev–Trinajstić information content (AvgIpc) is 3.11. The van der Waals surface area contributed by atoms with Crippen molar-refractivity contribution in [3.05, 3.63) is 60.0 Å². The van der Waals surface area contributed by atoms with E-state index in [4.69, 9.17) is 4.74 Å². The summed E-state index contributed by atoms with van der Waals surface area (Å²) in [5.41, 5.74) is 3.21. The number of carbonyl (C=O) groups excluding carboxylic acids is 1. The van der Waals surface area contributed by atoms with E-state index in [1.807, 2.05) is 22.8 Å². The lowest BCUT2D eigenvalue weighted by Crippen LogP contribution is -2.43. The second kappa shape index (κ2) is 11.1. The molecule has 0 aliphatic carbocycles. The van der Waals surface area contributed by atoms with Gasteiger partial charge in [0.2, 0.25) is 0 Å². The number of halogens is 2. The van der Waals surface area contributed by atoms with Crippen molar-refractivity contribution in [2.75, 3.05) is 26.3 Å². The molecule has 29 heavy (non-hydrogen) atoms. The highest BCUT2D eigenvalue weighted by atomic mass is 35.5. The van der Waals surface area contributed by atoms with Crippen LogP contribution in [0, 0.1) is 0 Å². The molecule has 1 fully saturated rings. The van der Waals surface area contributed by atoms with Crippen molar-refractivity contribution in [1.82, 2.24) is 25.2 Å². The third kappa shape index (κ3) is 5.90. The molecule has 0 spiro atoms. The summed E-state index contributed by atoms with van der Waals surface area (Å²) >= 11 is 0.